The summed E-state index contributed by atoms with van der Waals surface area (Å²) in [4.78, 5) is 11.8. The molecule has 0 aliphatic heterocycles. The Balaban J connectivity index is 1.98. The Kier molecular flexibility index (Phi) is 4.86. The van der Waals surface area contributed by atoms with Crippen LogP contribution in [0.5, 0.6) is 0 Å². The van der Waals surface area contributed by atoms with Crippen molar-refractivity contribution in [3.63, 3.8) is 0 Å². The number of amides is 1. The van der Waals surface area contributed by atoms with Gasteiger partial charge in [-0.2, -0.15) is 26.3 Å². The van der Waals surface area contributed by atoms with E-state index in [4.69, 9.17) is 0 Å². The van der Waals surface area contributed by atoms with Crippen LogP contribution in [-0.4, -0.2) is 5.91 Å². The Hall–Kier alpha value is -2.51. The van der Waals surface area contributed by atoms with Crippen LogP contribution in [0.25, 0.3) is 0 Å². The number of carbonyl (C=O) groups is 1. The van der Waals surface area contributed by atoms with E-state index in [-0.39, 0.29) is 12.1 Å². The van der Waals surface area contributed by atoms with Crippen LogP contribution in [-0.2, 0) is 18.9 Å². The van der Waals surface area contributed by atoms with Crippen LogP contribution in [0.4, 0.5) is 26.3 Å². The number of alkyl halides is 6. The number of rotatable bonds is 3. The molecule has 0 bridgehead atoms. The summed E-state index contributed by atoms with van der Waals surface area (Å²) in [6, 6.07) is 7.85. The van der Waals surface area contributed by atoms with E-state index in [0.29, 0.717) is 5.56 Å². The zero-order valence-corrected chi connectivity index (χ0v) is 12.0. The number of hydrogen-bond donors (Lipinski definition) is 1. The zero-order chi connectivity index (χ0) is 18.0. The van der Waals surface area contributed by atoms with Gasteiger partial charge in [0.15, 0.2) is 0 Å². The quantitative estimate of drug-likeness (QED) is 0.805. The number of nitrogens with one attached hydrogen (secondary N) is 1. The van der Waals surface area contributed by atoms with Crippen LogP contribution in [0.1, 0.15) is 27.0 Å². The van der Waals surface area contributed by atoms with Gasteiger partial charge in [0.05, 0.1) is 11.1 Å². The van der Waals surface area contributed by atoms with Crippen LogP contribution < -0.4 is 5.32 Å². The van der Waals surface area contributed by atoms with Gasteiger partial charge in [-0.3, -0.25) is 4.79 Å². The molecule has 0 saturated heterocycles. The molecule has 0 aromatic heterocycles. The lowest BCUT2D eigenvalue weighted by molar-refractivity contribution is -0.138. The molecule has 0 unspecified atom stereocenters. The van der Waals surface area contributed by atoms with E-state index >= 15 is 0 Å². The van der Waals surface area contributed by atoms with E-state index in [1.807, 2.05) is 0 Å². The standard InChI is InChI=1S/C16H11F6NO/c17-15(18,19)12-5-1-10(2-6-12)9-23-14(24)11-3-7-13(8-4-11)16(20,21)22/h1-8H,9H2,(H,23,24). The molecule has 0 fully saturated rings. The van der Waals surface area contributed by atoms with Crippen molar-refractivity contribution in [2.45, 2.75) is 18.9 Å². The van der Waals surface area contributed by atoms with Crippen LogP contribution >= 0.6 is 0 Å². The average Bonchev–Trinajstić information content (AvgIpc) is 2.51. The third-order valence-electron chi connectivity index (χ3n) is 3.21. The third kappa shape index (κ3) is 4.50. The van der Waals surface area contributed by atoms with Gasteiger partial charge in [0.2, 0.25) is 0 Å². The molecule has 0 heterocycles. The van der Waals surface area contributed by atoms with Crippen LogP contribution in [0.15, 0.2) is 48.5 Å². The van der Waals surface area contributed by atoms with Crippen LogP contribution in [0.2, 0.25) is 0 Å². The summed E-state index contributed by atoms with van der Waals surface area (Å²) >= 11 is 0. The van der Waals surface area contributed by atoms with Gasteiger partial charge in [-0.25, -0.2) is 0 Å². The Morgan fingerprint density at radius 3 is 1.58 bits per heavy atom. The fourth-order valence-corrected chi connectivity index (χ4v) is 1.91. The first kappa shape index (κ1) is 17.8. The lowest BCUT2D eigenvalue weighted by Crippen LogP contribution is -2.23. The Bertz CT molecular complexity index is 701. The molecule has 0 aliphatic rings. The maximum absolute atomic E-state index is 12.4. The minimum atomic E-state index is -4.49. The molecule has 2 nitrogen and oxygen atoms in total. The van der Waals surface area contributed by atoms with Crippen molar-refractivity contribution in [1.82, 2.24) is 5.32 Å². The molecule has 0 radical (unpaired) electrons. The molecule has 1 amide bonds. The van der Waals surface area contributed by atoms with Gasteiger partial charge in [-0.1, -0.05) is 12.1 Å². The topological polar surface area (TPSA) is 29.1 Å². The Labute approximate surface area is 133 Å². The van der Waals surface area contributed by atoms with Gasteiger partial charge in [0, 0.05) is 12.1 Å². The minimum absolute atomic E-state index is 0.0231. The molecule has 0 spiro atoms. The molecule has 128 valence electrons. The predicted octanol–water partition coefficient (Wildman–Crippen LogP) is 4.65. The first-order valence-electron chi connectivity index (χ1n) is 6.69. The largest absolute Gasteiger partial charge is 0.416 e. The highest BCUT2D eigenvalue weighted by atomic mass is 19.4. The molecule has 1 N–H and O–H groups in total. The monoisotopic (exact) mass is 347 g/mol. The van der Waals surface area contributed by atoms with Crippen molar-refractivity contribution < 1.29 is 31.1 Å². The Morgan fingerprint density at radius 2 is 1.17 bits per heavy atom. The van der Waals surface area contributed by atoms with Crippen LogP contribution in [0.3, 0.4) is 0 Å². The second-order valence-electron chi connectivity index (χ2n) is 4.95. The fraction of sp³-hybridized carbons (Fsp3) is 0.188. The molecule has 2 aromatic rings. The zero-order valence-electron chi connectivity index (χ0n) is 12.0. The maximum atomic E-state index is 12.4. The fourth-order valence-electron chi connectivity index (χ4n) is 1.91. The summed E-state index contributed by atoms with van der Waals surface area (Å²) in [5.41, 5.74) is -1.22. The van der Waals surface area contributed by atoms with Crippen molar-refractivity contribution in [2.24, 2.45) is 0 Å². The van der Waals surface area contributed by atoms with Gasteiger partial charge < -0.3 is 5.32 Å². The van der Waals surface area contributed by atoms with Gasteiger partial charge in [0.1, 0.15) is 0 Å². The van der Waals surface area contributed by atoms with E-state index in [1.165, 1.54) is 12.1 Å². The highest BCUT2D eigenvalue weighted by molar-refractivity contribution is 5.94. The van der Waals surface area contributed by atoms with Gasteiger partial charge in [-0.05, 0) is 42.0 Å². The summed E-state index contributed by atoms with van der Waals surface area (Å²) in [6.07, 6.45) is -8.93. The van der Waals surface area contributed by atoms with Crippen molar-refractivity contribution in [3.05, 3.63) is 70.8 Å². The van der Waals surface area contributed by atoms with E-state index in [0.717, 1.165) is 36.4 Å². The first-order valence-corrected chi connectivity index (χ1v) is 6.69. The van der Waals surface area contributed by atoms with Gasteiger partial charge in [-0.15, -0.1) is 0 Å². The van der Waals surface area contributed by atoms with Crippen molar-refractivity contribution in [1.29, 1.82) is 0 Å². The smallest absolute Gasteiger partial charge is 0.348 e. The number of carbonyl (C=O) groups excluding carboxylic acids is 1. The van der Waals surface area contributed by atoms with E-state index in [2.05, 4.69) is 5.32 Å². The molecule has 2 rings (SSSR count). The minimum Gasteiger partial charge on any atom is -0.348 e. The lowest BCUT2D eigenvalue weighted by Gasteiger charge is -2.10. The average molecular weight is 347 g/mol. The van der Waals surface area contributed by atoms with Crippen molar-refractivity contribution in [3.8, 4) is 0 Å². The van der Waals surface area contributed by atoms with Gasteiger partial charge >= 0.3 is 12.4 Å². The molecule has 0 saturated carbocycles. The second-order valence-corrected chi connectivity index (χ2v) is 4.95. The highest BCUT2D eigenvalue weighted by Crippen LogP contribution is 2.30. The van der Waals surface area contributed by atoms with E-state index in [1.54, 1.807) is 0 Å². The highest BCUT2D eigenvalue weighted by Gasteiger charge is 2.30. The maximum Gasteiger partial charge on any atom is 0.416 e. The number of benzene rings is 2. The summed E-state index contributed by atoms with van der Waals surface area (Å²) in [6.45, 7) is -0.0437. The lowest BCUT2D eigenvalue weighted by atomic mass is 10.1. The van der Waals surface area contributed by atoms with Crippen molar-refractivity contribution in [2.75, 3.05) is 0 Å². The Morgan fingerprint density at radius 1 is 0.750 bits per heavy atom. The molecule has 24 heavy (non-hydrogen) atoms. The summed E-state index contributed by atoms with van der Waals surface area (Å²) in [5, 5.41) is 2.43. The van der Waals surface area contributed by atoms with Crippen molar-refractivity contribution >= 4 is 5.91 Å². The van der Waals surface area contributed by atoms with Gasteiger partial charge in [0.25, 0.3) is 5.91 Å². The summed E-state index contributed by atoms with van der Waals surface area (Å²) in [7, 11) is 0. The molecular formula is C16H11F6NO. The molecule has 0 atom stereocenters. The summed E-state index contributed by atoms with van der Waals surface area (Å²) in [5.74, 6) is -0.622. The second kappa shape index (κ2) is 6.54. The molecular weight excluding hydrogens is 336 g/mol. The summed E-state index contributed by atoms with van der Waals surface area (Å²) < 4.78 is 74.5. The normalized spacial score (nSPS) is 12.1. The third-order valence-corrected chi connectivity index (χ3v) is 3.21. The molecule has 2 aromatic carbocycles. The molecule has 0 aliphatic carbocycles. The SMILES string of the molecule is O=C(NCc1ccc(C(F)(F)F)cc1)c1ccc(C(F)(F)F)cc1. The number of hydrogen-bond acceptors (Lipinski definition) is 1. The number of halogens is 6. The van der Waals surface area contributed by atoms with E-state index < -0.39 is 29.4 Å². The molecule has 8 heteroatoms. The van der Waals surface area contributed by atoms with Crippen LogP contribution in [0, 0.1) is 0 Å². The van der Waals surface area contributed by atoms with E-state index in [9.17, 15) is 31.1 Å². The first-order chi connectivity index (χ1) is 11.1. The predicted molar refractivity (Wildman–Crippen MR) is 74.1 cm³/mol.